The Morgan fingerprint density at radius 2 is 1.05 bits per heavy atom. The molecule has 0 amide bonds. The van der Waals surface area contributed by atoms with Crippen molar-refractivity contribution in [3.8, 4) is 0 Å². The van der Waals surface area contributed by atoms with Crippen molar-refractivity contribution < 1.29 is 0 Å². The lowest BCUT2D eigenvalue weighted by molar-refractivity contribution is 0.563. The van der Waals surface area contributed by atoms with Crippen molar-refractivity contribution in [3.05, 3.63) is 35.4 Å². The van der Waals surface area contributed by atoms with Gasteiger partial charge in [-0.15, -0.1) is 11.6 Å². The third kappa shape index (κ3) is 15.9. The van der Waals surface area contributed by atoms with Gasteiger partial charge in [0.15, 0.2) is 0 Å². The van der Waals surface area contributed by atoms with Crippen LogP contribution < -0.4 is 6.15 Å². The SMILES string of the molecule is CCCCCCCCCCCCCl.Cc1ccccc1C.N. The molecular weight excluding hydrogens is 290 g/mol. The van der Waals surface area contributed by atoms with E-state index < -0.39 is 0 Å². The van der Waals surface area contributed by atoms with Crippen LogP contribution in [-0.4, -0.2) is 5.88 Å². The summed E-state index contributed by atoms with van der Waals surface area (Å²) in [4.78, 5) is 0. The molecule has 1 aromatic carbocycles. The average Bonchev–Trinajstić information content (AvgIpc) is 2.49. The molecule has 0 spiro atoms. The van der Waals surface area contributed by atoms with Crippen molar-refractivity contribution >= 4 is 11.6 Å². The molecule has 0 saturated heterocycles. The van der Waals surface area contributed by atoms with Crippen LogP contribution in [0.15, 0.2) is 24.3 Å². The first-order valence-corrected chi connectivity index (χ1v) is 9.34. The van der Waals surface area contributed by atoms with E-state index >= 15 is 0 Å². The molecule has 0 atom stereocenters. The van der Waals surface area contributed by atoms with Gasteiger partial charge in [-0.3, -0.25) is 0 Å². The summed E-state index contributed by atoms with van der Waals surface area (Å²) in [5.74, 6) is 0.844. The maximum absolute atomic E-state index is 5.60. The van der Waals surface area contributed by atoms with Gasteiger partial charge in [0.25, 0.3) is 0 Å². The van der Waals surface area contributed by atoms with Crippen molar-refractivity contribution in [2.75, 3.05) is 5.88 Å². The molecule has 0 aromatic heterocycles. The minimum absolute atomic E-state index is 0. The molecule has 2 heteroatoms. The second kappa shape index (κ2) is 18.5. The van der Waals surface area contributed by atoms with Crippen molar-refractivity contribution in [1.29, 1.82) is 0 Å². The number of aryl methyl sites for hydroxylation is 2. The largest absolute Gasteiger partial charge is 0.344 e. The van der Waals surface area contributed by atoms with Crippen LogP contribution in [0, 0.1) is 13.8 Å². The summed E-state index contributed by atoms with van der Waals surface area (Å²) in [7, 11) is 0. The maximum Gasteiger partial charge on any atom is 0.0223 e. The predicted molar refractivity (Wildman–Crippen MR) is 104 cm³/mol. The highest BCUT2D eigenvalue weighted by Crippen LogP contribution is 2.10. The summed E-state index contributed by atoms with van der Waals surface area (Å²) in [6.45, 7) is 6.51. The molecule has 0 heterocycles. The zero-order chi connectivity index (χ0) is 15.8. The smallest absolute Gasteiger partial charge is 0.0223 e. The lowest BCUT2D eigenvalue weighted by Crippen LogP contribution is -1.81. The molecule has 0 fully saturated rings. The van der Waals surface area contributed by atoms with E-state index in [2.05, 4.69) is 45.0 Å². The monoisotopic (exact) mass is 327 g/mol. The third-order valence-corrected chi connectivity index (χ3v) is 4.18. The Bertz CT molecular complexity index is 294. The van der Waals surface area contributed by atoms with Crippen molar-refractivity contribution in [1.82, 2.24) is 6.15 Å². The first-order chi connectivity index (χ1) is 10.2. The zero-order valence-electron chi connectivity index (χ0n) is 15.2. The summed E-state index contributed by atoms with van der Waals surface area (Å²) in [5, 5.41) is 0. The molecule has 3 N–H and O–H groups in total. The van der Waals surface area contributed by atoms with Crippen LogP contribution in [0.25, 0.3) is 0 Å². The number of rotatable bonds is 10. The number of halogens is 1. The van der Waals surface area contributed by atoms with E-state index in [1.54, 1.807) is 0 Å². The van der Waals surface area contributed by atoms with E-state index in [0.29, 0.717) is 0 Å². The topological polar surface area (TPSA) is 35.0 Å². The Morgan fingerprint density at radius 1 is 0.682 bits per heavy atom. The summed E-state index contributed by atoms with van der Waals surface area (Å²) in [6.07, 6.45) is 13.9. The molecule has 0 saturated carbocycles. The number of hydrogen-bond acceptors (Lipinski definition) is 1. The molecule has 0 aliphatic rings. The summed E-state index contributed by atoms with van der Waals surface area (Å²) in [5.41, 5.74) is 2.74. The molecule has 130 valence electrons. The minimum Gasteiger partial charge on any atom is -0.344 e. The van der Waals surface area contributed by atoms with E-state index in [1.165, 1.54) is 75.3 Å². The highest BCUT2D eigenvalue weighted by Gasteiger charge is 1.91. The van der Waals surface area contributed by atoms with Gasteiger partial charge in [0.1, 0.15) is 0 Å². The fourth-order valence-electron chi connectivity index (χ4n) is 2.24. The van der Waals surface area contributed by atoms with E-state index in [1.807, 2.05) is 0 Å². The van der Waals surface area contributed by atoms with Gasteiger partial charge in [-0.2, -0.15) is 0 Å². The number of alkyl halides is 1. The van der Waals surface area contributed by atoms with E-state index in [-0.39, 0.29) is 6.15 Å². The zero-order valence-corrected chi connectivity index (χ0v) is 15.9. The quantitative estimate of drug-likeness (QED) is 0.348. The van der Waals surface area contributed by atoms with Crippen LogP contribution in [0.4, 0.5) is 0 Å². The molecule has 1 aromatic rings. The van der Waals surface area contributed by atoms with Crippen LogP contribution in [0.3, 0.4) is 0 Å². The molecular formula is C20H38ClN. The summed E-state index contributed by atoms with van der Waals surface area (Å²) in [6, 6.07) is 8.36. The lowest BCUT2D eigenvalue weighted by Gasteiger charge is -2.00. The van der Waals surface area contributed by atoms with Crippen LogP contribution in [-0.2, 0) is 0 Å². The molecule has 1 nitrogen and oxygen atoms in total. The third-order valence-electron chi connectivity index (χ3n) is 3.91. The maximum atomic E-state index is 5.60. The number of hydrogen-bond donors (Lipinski definition) is 1. The minimum atomic E-state index is 0. The van der Waals surface area contributed by atoms with Gasteiger partial charge in [0, 0.05) is 5.88 Å². The first-order valence-electron chi connectivity index (χ1n) is 8.80. The number of benzene rings is 1. The van der Waals surface area contributed by atoms with Gasteiger partial charge in [0.05, 0.1) is 0 Å². The second-order valence-electron chi connectivity index (χ2n) is 5.96. The summed E-state index contributed by atoms with van der Waals surface area (Å²) < 4.78 is 0. The van der Waals surface area contributed by atoms with Crippen LogP contribution in [0.5, 0.6) is 0 Å². The highest BCUT2D eigenvalue weighted by atomic mass is 35.5. The van der Waals surface area contributed by atoms with E-state index in [9.17, 15) is 0 Å². The van der Waals surface area contributed by atoms with Gasteiger partial charge in [-0.1, -0.05) is 89.0 Å². The van der Waals surface area contributed by atoms with E-state index in [0.717, 1.165) is 5.88 Å². The Hall–Kier alpha value is -0.530. The van der Waals surface area contributed by atoms with Crippen LogP contribution in [0.2, 0.25) is 0 Å². The molecule has 0 aliphatic carbocycles. The average molecular weight is 328 g/mol. The second-order valence-corrected chi connectivity index (χ2v) is 6.33. The molecule has 1 rings (SSSR count). The van der Waals surface area contributed by atoms with Crippen molar-refractivity contribution in [2.24, 2.45) is 0 Å². The molecule has 0 bridgehead atoms. The number of unbranched alkanes of at least 4 members (excludes halogenated alkanes) is 9. The van der Waals surface area contributed by atoms with E-state index in [4.69, 9.17) is 11.6 Å². The molecule has 22 heavy (non-hydrogen) atoms. The van der Waals surface area contributed by atoms with Gasteiger partial charge in [0.2, 0.25) is 0 Å². The molecule has 0 aliphatic heterocycles. The fourth-order valence-corrected chi connectivity index (χ4v) is 2.43. The van der Waals surface area contributed by atoms with Gasteiger partial charge in [-0.25, -0.2) is 0 Å². The van der Waals surface area contributed by atoms with Gasteiger partial charge < -0.3 is 6.15 Å². The van der Waals surface area contributed by atoms with Crippen molar-refractivity contribution in [3.63, 3.8) is 0 Å². The van der Waals surface area contributed by atoms with Gasteiger partial charge >= 0.3 is 0 Å². The Kier molecular flexibility index (Phi) is 20.0. The fraction of sp³-hybridized carbons (Fsp3) is 0.700. The van der Waals surface area contributed by atoms with Gasteiger partial charge in [-0.05, 0) is 31.4 Å². The van der Waals surface area contributed by atoms with Crippen molar-refractivity contribution in [2.45, 2.75) is 85.0 Å². The Morgan fingerprint density at radius 3 is 1.36 bits per heavy atom. The first kappa shape index (κ1) is 23.7. The highest BCUT2D eigenvalue weighted by molar-refractivity contribution is 6.17. The molecule has 0 unspecified atom stereocenters. The predicted octanol–water partition coefficient (Wildman–Crippen LogP) is 7.61. The normalized spacial score (nSPS) is 9.64. The molecule has 0 radical (unpaired) electrons. The van der Waals surface area contributed by atoms with Crippen LogP contribution >= 0.6 is 11.6 Å². The Labute approximate surface area is 144 Å². The summed E-state index contributed by atoms with van der Waals surface area (Å²) >= 11 is 5.60. The van der Waals surface area contributed by atoms with Crippen LogP contribution in [0.1, 0.15) is 82.3 Å². The standard InChI is InChI=1S/C12H25Cl.C8H10.H3N/c1-2-3-4-5-6-7-8-9-10-11-12-13;1-7-5-3-4-6-8(7)2;/h2-12H2,1H3;3-6H,1-2H3;1H3. The lowest BCUT2D eigenvalue weighted by atomic mass is 10.1. The Balaban J connectivity index is 0.